The lowest BCUT2D eigenvalue weighted by Gasteiger charge is -2.20. The number of rotatable bonds is 1. The largest absolute Gasteiger partial charge is 0.393 e. The molecule has 1 N–H and O–H groups in total. The number of amides is 1. The maximum atomic E-state index is 12.2. The molecule has 4 nitrogen and oxygen atoms in total. The Bertz CT molecular complexity index is 411. The summed E-state index contributed by atoms with van der Waals surface area (Å²) in [7, 11) is 0. The number of aliphatic hydroxyl groups excluding tert-OH is 1. The van der Waals surface area contributed by atoms with E-state index in [0.717, 1.165) is 12.8 Å². The molecule has 92 valence electrons. The number of aliphatic hydroxyl groups is 1. The molecule has 1 aromatic heterocycles. The lowest BCUT2D eigenvalue weighted by Crippen LogP contribution is -2.32. The standard InChI is InChI=1S/C12H15ClN2O2/c13-11-8-14-5-3-10(11)12(17)15-6-1-2-9(16)4-7-15/h3,5,8-9,16H,1-2,4,6-7H2/t9-/m1/s1. The summed E-state index contributed by atoms with van der Waals surface area (Å²) in [5.74, 6) is -0.0773. The quantitative estimate of drug-likeness (QED) is 0.830. The number of likely N-dealkylation sites (tertiary alicyclic amines) is 1. The molecule has 1 amide bonds. The fraction of sp³-hybridized carbons (Fsp3) is 0.500. The van der Waals surface area contributed by atoms with Gasteiger partial charge in [0.25, 0.3) is 5.91 Å². The molecular formula is C12H15ClN2O2. The topological polar surface area (TPSA) is 53.4 Å². The molecule has 1 aromatic rings. The van der Waals surface area contributed by atoms with E-state index in [0.29, 0.717) is 30.1 Å². The first-order valence-corrected chi connectivity index (χ1v) is 6.13. The van der Waals surface area contributed by atoms with Gasteiger partial charge in [-0.2, -0.15) is 0 Å². The molecule has 2 heterocycles. The van der Waals surface area contributed by atoms with Crippen LogP contribution < -0.4 is 0 Å². The molecule has 1 fully saturated rings. The summed E-state index contributed by atoms with van der Waals surface area (Å²) >= 11 is 5.95. The van der Waals surface area contributed by atoms with E-state index >= 15 is 0 Å². The summed E-state index contributed by atoms with van der Waals surface area (Å²) in [5.41, 5.74) is 0.484. The highest BCUT2D eigenvalue weighted by Crippen LogP contribution is 2.18. The van der Waals surface area contributed by atoms with Crippen molar-refractivity contribution in [2.24, 2.45) is 0 Å². The second kappa shape index (κ2) is 5.47. The Kier molecular flexibility index (Phi) is 3.97. The molecule has 0 spiro atoms. The van der Waals surface area contributed by atoms with Gasteiger partial charge in [-0.25, -0.2) is 0 Å². The normalized spacial score (nSPS) is 21.1. The van der Waals surface area contributed by atoms with Crippen LogP contribution in [0.1, 0.15) is 29.6 Å². The number of pyridine rings is 1. The van der Waals surface area contributed by atoms with Crippen LogP contribution in [0, 0.1) is 0 Å². The fourth-order valence-electron chi connectivity index (χ4n) is 2.00. The van der Waals surface area contributed by atoms with Gasteiger partial charge in [-0.15, -0.1) is 0 Å². The number of carbonyl (C=O) groups excluding carboxylic acids is 1. The Morgan fingerprint density at radius 3 is 3.06 bits per heavy atom. The first kappa shape index (κ1) is 12.3. The Hall–Kier alpha value is -1.13. The number of nitrogens with zero attached hydrogens (tertiary/aromatic N) is 2. The third-order valence-corrected chi connectivity index (χ3v) is 3.29. The SMILES string of the molecule is O=C(c1ccncc1Cl)N1CCC[C@@H](O)CC1. The van der Waals surface area contributed by atoms with Crippen LogP contribution in [0.2, 0.25) is 5.02 Å². The van der Waals surface area contributed by atoms with E-state index in [2.05, 4.69) is 4.98 Å². The molecule has 0 saturated carbocycles. The van der Waals surface area contributed by atoms with Gasteiger partial charge in [-0.3, -0.25) is 9.78 Å². The van der Waals surface area contributed by atoms with Crippen LogP contribution in [0.15, 0.2) is 18.5 Å². The molecular weight excluding hydrogens is 240 g/mol. The number of hydrogen-bond donors (Lipinski definition) is 1. The van der Waals surface area contributed by atoms with Gasteiger partial charge in [0.1, 0.15) is 0 Å². The zero-order valence-electron chi connectivity index (χ0n) is 9.47. The van der Waals surface area contributed by atoms with E-state index < -0.39 is 0 Å². The third kappa shape index (κ3) is 2.96. The lowest BCUT2D eigenvalue weighted by molar-refractivity contribution is 0.0753. The predicted octanol–water partition coefficient (Wildman–Crippen LogP) is 1.72. The van der Waals surface area contributed by atoms with Crippen molar-refractivity contribution in [1.29, 1.82) is 0 Å². The zero-order chi connectivity index (χ0) is 12.3. The van der Waals surface area contributed by atoms with Gasteiger partial charge < -0.3 is 10.0 Å². The maximum Gasteiger partial charge on any atom is 0.255 e. The lowest BCUT2D eigenvalue weighted by atomic mass is 10.2. The van der Waals surface area contributed by atoms with Crippen LogP contribution in [0.3, 0.4) is 0 Å². The van der Waals surface area contributed by atoms with E-state index in [9.17, 15) is 9.90 Å². The van der Waals surface area contributed by atoms with Crippen molar-refractivity contribution in [2.75, 3.05) is 13.1 Å². The average molecular weight is 255 g/mol. The van der Waals surface area contributed by atoms with Crippen LogP contribution in [-0.4, -0.2) is 40.1 Å². The molecule has 0 bridgehead atoms. The van der Waals surface area contributed by atoms with Gasteiger partial charge in [-0.05, 0) is 25.3 Å². The summed E-state index contributed by atoms with van der Waals surface area (Å²) in [6.45, 7) is 1.26. The molecule has 5 heteroatoms. The van der Waals surface area contributed by atoms with Crippen LogP contribution in [-0.2, 0) is 0 Å². The van der Waals surface area contributed by atoms with Crippen LogP contribution in [0.5, 0.6) is 0 Å². The molecule has 0 aromatic carbocycles. The predicted molar refractivity (Wildman–Crippen MR) is 65.0 cm³/mol. The van der Waals surface area contributed by atoms with Crippen LogP contribution in [0.4, 0.5) is 0 Å². The van der Waals surface area contributed by atoms with Crippen LogP contribution in [0.25, 0.3) is 0 Å². The van der Waals surface area contributed by atoms with E-state index in [1.165, 1.54) is 6.20 Å². The number of carbonyl (C=O) groups is 1. The third-order valence-electron chi connectivity index (χ3n) is 2.99. The Balaban J connectivity index is 2.12. The summed E-state index contributed by atoms with van der Waals surface area (Å²) in [6.07, 6.45) is 4.96. The Labute approximate surface area is 105 Å². The highest BCUT2D eigenvalue weighted by molar-refractivity contribution is 6.33. The van der Waals surface area contributed by atoms with Crippen molar-refractivity contribution in [3.8, 4) is 0 Å². The van der Waals surface area contributed by atoms with Crippen LogP contribution >= 0.6 is 11.6 Å². The second-order valence-corrected chi connectivity index (χ2v) is 4.64. The molecule has 0 unspecified atom stereocenters. The van der Waals surface area contributed by atoms with Gasteiger partial charge in [0.05, 0.1) is 16.7 Å². The van der Waals surface area contributed by atoms with E-state index in [4.69, 9.17) is 11.6 Å². The minimum absolute atomic E-state index is 0.0773. The summed E-state index contributed by atoms with van der Waals surface area (Å²) in [4.78, 5) is 17.8. The molecule has 1 aliphatic rings. The van der Waals surface area contributed by atoms with E-state index in [-0.39, 0.29) is 12.0 Å². The summed E-state index contributed by atoms with van der Waals surface area (Å²) in [6, 6.07) is 1.63. The highest BCUT2D eigenvalue weighted by Gasteiger charge is 2.21. The maximum absolute atomic E-state index is 12.2. The molecule has 1 aliphatic heterocycles. The molecule has 1 saturated heterocycles. The Morgan fingerprint density at radius 2 is 2.29 bits per heavy atom. The minimum Gasteiger partial charge on any atom is -0.393 e. The number of halogens is 1. The van der Waals surface area contributed by atoms with Gasteiger partial charge in [0.15, 0.2) is 0 Å². The minimum atomic E-state index is -0.291. The highest BCUT2D eigenvalue weighted by atomic mass is 35.5. The molecule has 0 aliphatic carbocycles. The average Bonchev–Trinajstić information content (AvgIpc) is 2.54. The van der Waals surface area contributed by atoms with Crippen molar-refractivity contribution in [2.45, 2.75) is 25.4 Å². The van der Waals surface area contributed by atoms with Gasteiger partial charge in [0.2, 0.25) is 0 Å². The zero-order valence-corrected chi connectivity index (χ0v) is 10.2. The van der Waals surface area contributed by atoms with E-state index in [1.54, 1.807) is 17.2 Å². The van der Waals surface area contributed by atoms with Crippen molar-refractivity contribution >= 4 is 17.5 Å². The van der Waals surface area contributed by atoms with Gasteiger partial charge in [0, 0.05) is 25.5 Å². The van der Waals surface area contributed by atoms with Crippen molar-refractivity contribution in [1.82, 2.24) is 9.88 Å². The molecule has 2 rings (SSSR count). The van der Waals surface area contributed by atoms with Crippen molar-refractivity contribution in [3.05, 3.63) is 29.0 Å². The molecule has 1 atom stereocenters. The fourth-order valence-corrected chi connectivity index (χ4v) is 2.20. The van der Waals surface area contributed by atoms with E-state index in [1.807, 2.05) is 0 Å². The smallest absolute Gasteiger partial charge is 0.255 e. The number of aromatic nitrogens is 1. The van der Waals surface area contributed by atoms with Gasteiger partial charge >= 0.3 is 0 Å². The monoisotopic (exact) mass is 254 g/mol. The summed E-state index contributed by atoms with van der Waals surface area (Å²) < 4.78 is 0. The number of hydrogen-bond acceptors (Lipinski definition) is 3. The first-order valence-electron chi connectivity index (χ1n) is 5.75. The first-order chi connectivity index (χ1) is 8.18. The molecule has 0 radical (unpaired) electrons. The van der Waals surface area contributed by atoms with Crippen molar-refractivity contribution in [3.63, 3.8) is 0 Å². The second-order valence-electron chi connectivity index (χ2n) is 4.23. The molecule has 17 heavy (non-hydrogen) atoms. The summed E-state index contributed by atoms with van der Waals surface area (Å²) in [5, 5.41) is 9.92. The Morgan fingerprint density at radius 1 is 1.47 bits per heavy atom. The van der Waals surface area contributed by atoms with Crippen molar-refractivity contribution < 1.29 is 9.90 Å². The van der Waals surface area contributed by atoms with Gasteiger partial charge in [-0.1, -0.05) is 11.6 Å².